The number of aliphatic carboxylic acids is 1. The Morgan fingerprint density at radius 1 is 1.48 bits per heavy atom. The van der Waals surface area contributed by atoms with E-state index in [9.17, 15) is 4.79 Å². The van der Waals surface area contributed by atoms with E-state index in [0.717, 1.165) is 6.08 Å². The number of ether oxygens (including phenoxy) is 2. The lowest BCUT2D eigenvalue weighted by atomic mass is 10.1. The summed E-state index contributed by atoms with van der Waals surface area (Å²) in [6, 6.07) is 5.24. The molecule has 0 atom stereocenters. The second kappa shape index (κ2) is 6.56. The maximum absolute atomic E-state index is 10.6. The van der Waals surface area contributed by atoms with Gasteiger partial charge >= 0.3 is 5.97 Å². The minimum absolute atomic E-state index is 0.199. The lowest BCUT2D eigenvalue weighted by Crippen LogP contribution is -2.06. The number of para-hydroxylation sites is 1. The lowest BCUT2D eigenvalue weighted by Gasteiger charge is -2.12. The molecule has 7 heteroatoms. The molecule has 0 aliphatic carbocycles. The van der Waals surface area contributed by atoms with Crippen LogP contribution < -0.4 is 9.47 Å². The number of benzene rings is 1. The summed E-state index contributed by atoms with van der Waals surface area (Å²) < 4.78 is 12.6. The van der Waals surface area contributed by atoms with E-state index in [2.05, 4.69) is 10.1 Å². The van der Waals surface area contributed by atoms with Gasteiger partial charge in [-0.1, -0.05) is 12.1 Å². The van der Waals surface area contributed by atoms with Crippen molar-refractivity contribution in [3.05, 3.63) is 42.0 Å². The van der Waals surface area contributed by atoms with Gasteiger partial charge < -0.3 is 14.6 Å². The first-order valence-corrected chi connectivity index (χ1v) is 6.15. The second-order valence-corrected chi connectivity index (χ2v) is 4.14. The highest BCUT2D eigenvalue weighted by Gasteiger charge is 2.11. The summed E-state index contributed by atoms with van der Waals surface area (Å²) in [5, 5.41) is 12.7. The summed E-state index contributed by atoms with van der Waals surface area (Å²) in [6.45, 7) is 0.199. The van der Waals surface area contributed by atoms with Gasteiger partial charge in [0.1, 0.15) is 12.9 Å². The molecule has 2 aromatic rings. The number of methoxy groups -OCH3 is 1. The van der Waals surface area contributed by atoms with Crippen LogP contribution in [-0.4, -0.2) is 33.0 Å². The maximum Gasteiger partial charge on any atom is 0.328 e. The van der Waals surface area contributed by atoms with Gasteiger partial charge in [0.15, 0.2) is 17.3 Å². The van der Waals surface area contributed by atoms with Crippen molar-refractivity contribution >= 4 is 12.0 Å². The molecule has 0 bridgehead atoms. The Bertz CT molecular complexity index is 664. The molecule has 0 radical (unpaired) electrons. The zero-order valence-corrected chi connectivity index (χ0v) is 11.7. The van der Waals surface area contributed by atoms with Crippen LogP contribution in [0.4, 0.5) is 0 Å². The monoisotopic (exact) mass is 289 g/mol. The summed E-state index contributed by atoms with van der Waals surface area (Å²) in [6.07, 6.45) is 3.94. The molecule has 0 aliphatic heterocycles. The Morgan fingerprint density at radius 2 is 2.29 bits per heavy atom. The number of hydrogen-bond donors (Lipinski definition) is 1. The molecule has 2 rings (SSSR count). The molecule has 0 aliphatic rings. The molecule has 110 valence electrons. The Morgan fingerprint density at radius 3 is 2.90 bits per heavy atom. The Hall–Kier alpha value is -2.83. The van der Waals surface area contributed by atoms with Gasteiger partial charge in [-0.05, 0) is 12.1 Å². The minimum atomic E-state index is -1.03. The van der Waals surface area contributed by atoms with Crippen LogP contribution in [-0.2, 0) is 18.4 Å². The summed E-state index contributed by atoms with van der Waals surface area (Å²) in [5.74, 6) is 0.594. The normalized spacial score (nSPS) is 10.8. The highest BCUT2D eigenvalue weighted by atomic mass is 16.5. The first kappa shape index (κ1) is 14.6. The van der Waals surface area contributed by atoms with E-state index in [4.69, 9.17) is 14.6 Å². The van der Waals surface area contributed by atoms with Crippen molar-refractivity contribution in [1.29, 1.82) is 0 Å². The number of carboxylic acid groups (broad SMARTS) is 1. The van der Waals surface area contributed by atoms with E-state index >= 15 is 0 Å². The molecule has 21 heavy (non-hydrogen) atoms. The van der Waals surface area contributed by atoms with Crippen molar-refractivity contribution in [3.8, 4) is 11.5 Å². The quantitative estimate of drug-likeness (QED) is 0.811. The van der Waals surface area contributed by atoms with Crippen LogP contribution in [0.25, 0.3) is 6.08 Å². The van der Waals surface area contributed by atoms with Crippen LogP contribution in [0.1, 0.15) is 11.4 Å². The Labute approximate surface area is 121 Å². The predicted molar refractivity (Wildman–Crippen MR) is 75.0 cm³/mol. The smallest absolute Gasteiger partial charge is 0.328 e. The van der Waals surface area contributed by atoms with Gasteiger partial charge in [0.05, 0.1) is 7.11 Å². The molecule has 1 aromatic carbocycles. The number of aryl methyl sites for hydroxylation is 1. The van der Waals surface area contributed by atoms with E-state index in [1.165, 1.54) is 19.5 Å². The second-order valence-electron chi connectivity index (χ2n) is 4.14. The molecule has 0 saturated carbocycles. The SMILES string of the molecule is COc1cccc(C=CC(=O)O)c1OCc1ncnn1C. The lowest BCUT2D eigenvalue weighted by molar-refractivity contribution is -0.131. The third-order valence-electron chi connectivity index (χ3n) is 2.79. The van der Waals surface area contributed by atoms with E-state index in [0.29, 0.717) is 22.9 Å². The van der Waals surface area contributed by atoms with E-state index < -0.39 is 5.97 Å². The van der Waals surface area contributed by atoms with Crippen LogP contribution in [0.15, 0.2) is 30.6 Å². The molecule has 0 saturated heterocycles. The van der Waals surface area contributed by atoms with Crippen molar-refractivity contribution in [2.45, 2.75) is 6.61 Å². The van der Waals surface area contributed by atoms with Crippen LogP contribution in [0.5, 0.6) is 11.5 Å². The molecule has 0 amide bonds. The van der Waals surface area contributed by atoms with Gasteiger partial charge in [-0.25, -0.2) is 9.78 Å². The van der Waals surface area contributed by atoms with Gasteiger partial charge in [-0.3, -0.25) is 4.68 Å². The summed E-state index contributed by atoms with van der Waals surface area (Å²) >= 11 is 0. The van der Waals surface area contributed by atoms with Crippen LogP contribution in [0.3, 0.4) is 0 Å². The molecule has 1 heterocycles. The summed E-state index contributed by atoms with van der Waals surface area (Å²) in [7, 11) is 3.29. The van der Waals surface area contributed by atoms with Crippen LogP contribution in [0, 0.1) is 0 Å². The van der Waals surface area contributed by atoms with E-state index in [-0.39, 0.29) is 6.61 Å². The van der Waals surface area contributed by atoms with E-state index in [1.807, 2.05) is 0 Å². The van der Waals surface area contributed by atoms with Gasteiger partial charge in [-0.15, -0.1) is 0 Å². The summed E-state index contributed by atoms with van der Waals surface area (Å²) in [5.41, 5.74) is 0.610. The van der Waals surface area contributed by atoms with Gasteiger partial charge in [0.25, 0.3) is 0 Å². The van der Waals surface area contributed by atoms with Crippen molar-refractivity contribution in [2.75, 3.05) is 7.11 Å². The number of rotatable bonds is 6. The molecule has 7 nitrogen and oxygen atoms in total. The molecular weight excluding hydrogens is 274 g/mol. The number of carbonyl (C=O) groups is 1. The number of hydrogen-bond acceptors (Lipinski definition) is 5. The van der Waals surface area contributed by atoms with Crippen molar-refractivity contribution < 1.29 is 19.4 Å². The topological polar surface area (TPSA) is 86.5 Å². The predicted octanol–water partition coefficient (Wildman–Crippen LogP) is 1.50. The summed E-state index contributed by atoms with van der Waals surface area (Å²) in [4.78, 5) is 14.7. The molecule has 1 N–H and O–H groups in total. The highest BCUT2D eigenvalue weighted by molar-refractivity contribution is 5.86. The molecule has 1 aromatic heterocycles. The number of nitrogens with zero attached hydrogens (tertiary/aromatic N) is 3. The van der Waals surface area contributed by atoms with Crippen LogP contribution >= 0.6 is 0 Å². The fraction of sp³-hybridized carbons (Fsp3) is 0.214. The zero-order chi connectivity index (χ0) is 15.2. The maximum atomic E-state index is 10.6. The number of aromatic nitrogens is 3. The minimum Gasteiger partial charge on any atom is -0.493 e. The Balaban J connectivity index is 2.27. The fourth-order valence-corrected chi connectivity index (χ4v) is 1.73. The molecule has 0 spiro atoms. The van der Waals surface area contributed by atoms with Gasteiger partial charge in [-0.2, -0.15) is 5.10 Å². The Kier molecular flexibility index (Phi) is 4.55. The average Bonchev–Trinajstić information content (AvgIpc) is 2.88. The molecular formula is C14H15N3O4. The van der Waals surface area contributed by atoms with Crippen molar-refractivity contribution in [2.24, 2.45) is 7.05 Å². The zero-order valence-electron chi connectivity index (χ0n) is 11.7. The largest absolute Gasteiger partial charge is 0.493 e. The van der Waals surface area contributed by atoms with Gasteiger partial charge in [0, 0.05) is 18.7 Å². The van der Waals surface area contributed by atoms with Crippen LogP contribution in [0.2, 0.25) is 0 Å². The molecule has 0 fully saturated rings. The van der Waals surface area contributed by atoms with E-state index in [1.54, 1.807) is 29.9 Å². The highest BCUT2D eigenvalue weighted by Crippen LogP contribution is 2.32. The third kappa shape index (κ3) is 3.59. The average molecular weight is 289 g/mol. The van der Waals surface area contributed by atoms with Crippen molar-refractivity contribution in [3.63, 3.8) is 0 Å². The number of carboxylic acids is 1. The van der Waals surface area contributed by atoms with Gasteiger partial charge in [0.2, 0.25) is 0 Å². The van der Waals surface area contributed by atoms with Crippen molar-refractivity contribution in [1.82, 2.24) is 14.8 Å². The fourth-order valence-electron chi connectivity index (χ4n) is 1.73. The standard InChI is InChI=1S/C14H15N3O4/c1-17-12(15-9-16-17)8-21-14-10(6-7-13(18)19)4-3-5-11(14)20-2/h3-7,9H,8H2,1-2H3,(H,18,19). The third-order valence-corrected chi connectivity index (χ3v) is 2.79. The first-order valence-electron chi connectivity index (χ1n) is 6.15. The molecule has 0 unspecified atom stereocenters. The first-order chi connectivity index (χ1) is 10.1.